The number of hydrogen-bond acceptors (Lipinski definition) is 6. The molecule has 1 aromatic heterocycles. The molecule has 1 saturated heterocycles. The summed E-state index contributed by atoms with van der Waals surface area (Å²) in [5.41, 5.74) is 4.42. The lowest BCUT2D eigenvalue weighted by Crippen LogP contribution is -2.32. The molecule has 228 valence electrons. The van der Waals surface area contributed by atoms with Gasteiger partial charge in [0, 0.05) is 12.1 Å². The number of amides is 1. The van der Waals surface area contributed by atoms with Crippen LogP contribution >= 0.6 is 24.0 Å². The van der Waals surface area contributed by atoms with Gasteiger partial charge < -0.3 is 10.1 Å². The van der Waals surface area contributed by atoms with Gasteiger partial charge in [-0.2, -0.15) is 4.99 Å². The number of nitrogens with one attached hydrogen (secondary N) is 1. The van der Waals surface area contributed by atoms with Crippen molar-refractivity contribution < 1.29 is 22.7 Å². The molecule has 1 aliphatic heterocycles. The van der Waals surface area contributed by atoms with Crippen molar-refractivity contribution in [1.29, 1.82) is 0 Å². The van der Waals surface area contributed by atoms with Crippen LogP contribution < -0.4 is 15.0 Å². The zero-order valence-electron chi connectivity index (χ0n) is 23.8. The quantitative estimate of drug-likeness (QED) is 0.152. The van der Waals surface area contributed by atoms with E-state index in [-0.39, 0.29) is 11.7 Å². The van der Waals surface area contributed by atoms with Crippen molar-refractivity contribution in [2.24, 2.45) is 4.99 Å². The minimum Gasteiger partial charge on any atom is -0.406 e. The van der Waals surface area contributed by atoms with Crippen molar-refractivity contribution in [2.45, 2.75) is 39.0 Å². The fourth-order valence-electron chi connectivity index (χ4n) is 4.69. The topological polar surface area (TPSA) is 84.6 Å². The van der Waals surface area contributed by atoms with Gasteiger partial charge in [-0.25, -0.2) is 9.67 Å². The van der Waals surface area contributed by atoms with Gasteiger partial charge in [-0.1, -0.05) is 61.5 Å². The Morgan fingerprint density at radius 2 is 1.89 bits per heavy atom. The Morgan fingerprint density at radius 1 is 1.09 bits per heavy atom. The van der Waals surface area contributed by atoms with Gasteiger partial charge in [0.1, 0.15) is 12.1 Å². The largest absolute Gasteiger partial charge is 0.573 e. The Morgan fingerprint density at radius 3 is 2.66 bits per heavy atom. The van der Waals surface area contributed by atoms with E-state index in [1.54, 1.807) is 4.90 Å². The first kappa shape index (κ1) is 31.2. The number of amidine groups is 1. The van der Waals surface area contributed by atoms with Crippen LogP contribution in [-0.4, -0.2) is 49.6 Å². The highest BCUT2D eigenvalue weighted by atomic mass is 32.2. The van der Waals surface area contributed by atoms with Gasteiger partial charge in [-0.05, 0) is 79.0 Å². The SMILES string of the molecule is CCCc1ccccc1N1C(=O)CS/C1=N\C(=S)NCCCc1cccc(-c2ncn(-c3ccc(OC(F)(F)F)cc3)n2)c1. The number of thiocarbonyl (C=S) groups is 1. The number of aromatic nitrogens is 3. The molecule has 1 fully saturated rings. The third kappa shape index (κ3) is 8.03. The number of ether oxygens (including phenoxy) is 1. The van der Waals surface area contributed by atoms with Crippen molar-refractivity contribution in [1.82, 2.24) is 20.1 Å². The minimum atomic E-state index is -4.75. The molecule has 0 aliphatic carbocycles. The summed E-state index contributed by atoms with van der Waals surface area (Å²) < 4.78 is 42.7. The number of benzene rings is 3. The van der Waals surface area contributed by atoms with E-state index in [2.05, 4.69) is 32.1 Å². The molecule has 5 rings (SSSR count). The van der Waals surface area contributed by atoms with Crippen LogP contribution in [0.5, 0.6) is 5.75 Å². The Hall–Kier alpha value is -4.23. The maximum atomic E-state index is 12.7. The minimum absolute atomic E-state index is 0.00672. The van der Waals surface area contributed by atoms with Gasteiger partial charge in [0.15, 0.2) is 16.1 Å². The molecule has 8 nitrogen and oxygen atoms in total. The van der Waals surface area contributed by atoms with E-state index in [0.29, 0.717) is 34.1 Å². The second-order valence-corrected chi connectivity index (χ2v) is 11.2. The standard InChI is InChI=1S/C31H29F3N6O2S2/c1-2-7-22-10-3-4-12-26(22)40-27(41)19-44-30(40)37-29(43)35-17-6-9-21-8-5-11-23(18-21)28-36-20-39(38-28)24-13-15-25(16-14-24)42-31(32,33)34/h3-5,8,10-16,18,20H,2,6-7,9,17,19H2,1H3,(H,35,43)/b37-30-. The Bertz CT molecular complexity index is 1660. The molecular formula is C31H29F3N6O2S2. The molecule has 0 radical (unpaired) electrons. The lowest BCUT2D eigenvalue weighted by atomic mass is 10.1. The van der Waals surface area contributed by atoms with Crippen molar-refractivity contribution in [2.75, 3.05) is 17.2 Å². The molecule has 0 saturated carbocycles. The number of carbonyl (C=O) groups excluding carboxylic acids is 1. The number of hydrogen-bond donors (Lipinski definition) is 1. The first-order chi connectivity index (χ1) is 21.2. The molecular weight excluding hydrogens is 610 g/mol. The molecule has 13 heteroatoms. The Kier molecular flexibility index (Phi) is 9.95. The molecule has 44 heavy (non-hydrogen) atoms. The van der Waals surface area contributed by atoms with E-state index in [9.17, 15) is 18.0 Å². The molecule has 1 aliphatic rings. The third-order valence-corrected chi connectivity index (χ3v) is 7.80. The number of carbonyl (C=O) groups is 1. The zero-order chi connectivity index (χ0) is 31.1. The second kappa shape index (κ2) is 14.0. The molecule has 0 spiro atoms. The average Bonchev–Trinajstić information content (AvgIpc) is 3.63. The molecule has 0 atom stereocenters. The van der Waals surface area contributed by atoms with E-state index < -0.39 is 6.36 Å². The van der Waals surface area contributed by atoms with Gasteiger partial charge in [-0.15, -0.1) is 18.3 Å². The summed E-state index contributed by atoms with van der Waals surface area (Å²) in [4.78, 5) is 23.3. The second-order valence-electron chi connectivity index (χ2n) is 9.88. The normalized spacial score (nSPS) is 14.3. The molecule has 2 heterocycles. The molecule has 4 aromatic rings. The summed E-state index contributed by atoms with van der Waals surface area (Å²) in [5, 5.41) is 8.59. The van der Waals surface area contributed by atoms with Crippen LogP contribution in [0.25, 0.3) is 17.1 Å². The van der Waals surface area contributed by atoms with Gasteiger partial charge >= 0.3 is 6.36 Å². The van der Waals surface area contributed by atoms with Gasteiger partial charge in [-0.3, -0.25) is 9.69 Å². The van der Waals surface area contributed by atoms with Gasteiger partial charge in [0.25, 0.3) is 0 Å². The van der Waals surface area contributed by atoms with E-state index in [4.69, 9.17) is 12.2 Å². The summed E-state index contributed by atoms with van der Waals surface area (Å²) in [5.74, 6) is 0.507. The molecule has 1 N–H and O–H groups in total. The van der Waals surface area contributed by atoms with E-state index >= 15 is 0 Å². The van der Waals surface area contributed by atoms with Crippen molar-refractivity contribution in [3.63, 3.8) is 0 Å². The summed E-state index contributed by atoms with van der Waals surface area (Å²) >= 11 is 6.86. The molecule has 0 unspecified atom stereocenters. The summed E-state index contributed by atoms with van der Waals surface area (Å²) in [6.07, 6.45) is 0.167. The number of thioether (sulfide) groups is 1. The van der Waals surface area contributed by atoms with Crippen LogP contribution in [0.2, 0.25) is 0 Å². The first-order valence-corrected chi connectivity index (χ1v) is 15.4. The Balaban J connectivity index is 1.15. The highest BCUT2D eigenvalue weighted by molar-refractivity contribution is 8.15. The van der Waals surface area contributed by atoms with Crippen molar-refractivity contribution >= 4 is 45.9 Å². The highest BCUT2D eigenvalue weighted by Gasteiger charge is 2.32. The van der Waals surface area contributed by atoms with Crippen LogP contribution in [0.4, 0.5) is 18.9 Å². The smallest absolute Gasteiger partial charge is 0.406 e. The maximum absolute atomic E-state index is 12.7. The monoisotopic (exact) mass is 638 g/mol. The molecule has 1 amide bonds. The number of anilines is 1. The zero-order valence-corrected chi connectivity index (χ0v) is 25.4. The lowest BCUT2D eigenvalue weighted by molar-refractivity contribution is -0.274. The first-order valence-electron chi connectivity index (χ1n) is 14.0. The van der Waals surface area contributed by atoms with Crippen LogP contribution in [0.3, 0.4) is 0 Å². The number of para-hydroxylation sites is 1. The number of alkyl halides is 3. The van der Waals surface area contributed by atoms with Crippen molar-refractivity contribution in [3.8, 4) is 22.8 Å². The van der Waals surface area contributed by atoms with Crippen LogP contribution in [0, 0.1) is 0 Å². The van der Waals surface area contributed by atoms with E-state index in [1.807, 2.05) is 48.5 Å². The highest BCUT2D eigenvalue weighted by Crippen LogP contribution is 2.30. The van der Waals surface area contributed by atoms with E-state index in [1.165, 1.54) is 47.0 Å². The molecule has 3 aromatic carbocycles. The maximum Gasteiger partial charge on any atom is 0.573 e. The van der Waals surface area contributed by atoms with E-state index in [0.717, 1.165) is 48.1 Å². The summed E-state index contributed by atoms with van der Waals surface area (Å²) in [6, 6.07) is 21.2. The van der Waals surface area contributed by atoms with Crippen molar-refractivity contribution in [3.05, 3.63) is 90.3 Å². The fraction of sp³-hybridized carbons (Fsp3) is 0.258. The van der Waals surface area contributed by atoms with Crippen LogP contribution in [0.15, 0.2) is 84.1 Å². The lowest BCUT2D eigenvalue weighted by Gasteiger charge is -2.19. The fourth-order valence-corrected chi connectivity index (χ4v) is 5.80. The summed E-state index contributed by atoms with van der Waals surface area (Å²) in [7, 11) is 0. The van der Waals surface area contributed by atoms with Crippen LogP contribution in [0.1, 0.15) is 30.9 Å². The number of nitrogens with zero attached hydrogens (tertiary/aromatic N) is 5. The number of halogens is 3. The van der Waals surface area contributed by atoms with Crippen LogP contribution in [-0.2, 0) is 17.6 Å². The third-order valence-electron chi connectivity index (χ3n) is 6.64. The number of aryl methyl sites for hydroxylation is 2. The van der Waals surface area contributed by atoms with Gasteiger partial charge in [0.2, 0.25) is 5.91 Å². The average molecular weight is 639 g/mol. The van der Waals surface area contributed by atoms with Gasteiger partial charge in [0.05, 0.1) is 17.1 Å². The summed E-state index contributed by atoms with van der Waals surface area (Å²) in [6.45, 7) is 2.71. The number of aliphatic imine (C=N–C) groups is 1. The molecule has 0 bridgehead atoms. The number of rotatable bonds is 10. The predicted octanol–water partition coefficient (Wildman–Crippen LogP) is 6.73. The predicted molar refractivity (Wildman–Crippen MR) is 170 cm³/mol. The Labute approximate surface area is 262 Å².